The van der Waals surface area contributed by atoms with E-state index in [4.69, 9.17) is 10.5 Å². The number of benzene rings is 2. The number of hydrogen-bond donors (Lipinski definition) is 1. The number of amides is 1. The van der Waals surface area contributed by atoms with Crippen LogP contribution in [0.3, 0.4) is 0 Å². The highest BCUT2D eigenvalue weighted by atomic mass is 16.5. The van der Waals surface area contributed by atoms with Crippen LogP contribution in [0, 0.1) is 6.92 Å². The molecule has 23 heavy (non-hydrogen) atoms. The number of rotatable bonds is 5. The second-order valence-electron chi connectivity index (χ2n) is 5.19. The molecule has 5 nitrogen and oxygen atoms in total. The van der Waals surface area contributed by atoms with Gasteiger partial charge in [-0.1, -0.05) is 48.0 Å². The summed E-state index contributed by atoms with van der Waals surface area (Å²) in [5.74, 6) is -1.79. The van der Waals surface area contributed by atoms with Crippen LogP contribution in [0.25, 0.3) is 0 Å². The third-order valence-electron chi connectivity index (χ3n) is 3.39. The van der Waals surface area contributed by atoms with E-state index in [1.165, 1.54) is 13.0 Å². The molecule has 0 radical (unpaired) electrons. The van der Waals surface area contributed by atoms with Crippen LogP contribution >= 0.6 is 0 Å². The second kappa shape index (κ2) is 6.87. The van der Waals surface area contributed by atoms with Gasteiger partial charge < -0.3 is 10.5 Å². The van der Waals surface area contributed by atoms with E-state index in [-0.39, 0.29) is 16.9 Å². The summed E-state index contributed by atoms with van der Waals surface area (Å²) in [6.45, 7) is 3.30. The number of ether oxygens (including phenoxy) is 1. The monoisotopic (exact) mass is 311 g/mol. The van der Waals surface area contributed by atoms with Gasteiger partial charge in [-0.3, -0.25) is 9.59 Å². The first kappa shape index (κ1) is 16.4. The smallest absolute Gasteiger partial charge is 0.339 e. The van der Waals surface area contributed by atoms with Crippen molar-refractivity contribution in [1.29, 1.82) is 0 Å². The highest BCUT2D eigenvalue weighted by molar-refractivity contribution is 6.14. The number of esters is 1. The minimum atomic E-state index is -1.06. The zero-order valence-corrected chi connectivity index (χ0v) is 12.9. The molecule has 0 aliphatic rings. The molecule has 0 spiro atoms. The molecule has 0 saturated heterocycles. The van der Waals surface area contributed by atoms with Gasteiger partial charge in [-0.2, -0.15) is 0 Å². The molecule has 0 bridgehead atoms. The fraction of sp³-hybridized carbons (Fsp3) is 0.167. The van der Waals surface area contributed by atoms with E-state index in [9.17, 15) is 14.4 Å². The number of hydrogen-bond acceptors (Lipinski definition) is 4. The molecular formula is C18H17NO4. The van der Waals surface area contributed by atoms with Gasteiger partial charge in [-0.05, 0) is 19.9 Å². The van der Waals surface area contributed by atoms with Crippen LogP contribution in [0.2, 0.25) is 0 Å². The van der Waals surface area contributed by atoms with Crippen LogP contribution in [0.5, 0.6) is 0 Å². The number of aryl methyl sites for hydroxylation is 1. The number of carbonyl (C=O) groups excluding carboxylic acids is 3. The van der Waals surface area contributed by atoms with E-state index in [0.717, 1.165) is 5.56 Å². The van der Waals surface area contributed by atoms with E-state index >= 15 is 0 Å². The molecule has 0 saturated carbocycles. The maximum absolute atomic E-state index is 12.6. The van der Waals surface area contributed by atoms with Gasteiger partial charge in [0.05, 0.1) is 5.56 Å². The molecule has 0 aliphatic carbocycles. The predicted octanol–water partition coefficient (Wildman–Crippen LogP) is 2.26. The molecule has 0 aliphatic heterocycles. The molecule has 1 atom stereocenters. The highest BCUT2D eigenvalue weighted by Crippen LogP contribution is 2.17. The molecule has 1 unspecified atom stereocenters. The third kappa shape index (κ3) is 3.83. The maximum atomic E-state index is 12.6. The number of carbonyl (C=O) groups is 3. The Bertz CT molecular complexity index is 750. The third-order valence-corrected chi connectivity index (χ3v) is 3.39. The van der Waals surface area contributed by atoms with Crippen molar-refractivity contribution in [1.82, 2.24) is 0 Å². The maximum Gasteiger partial charge on any atom is 0.339 e. The van der Waals surface area contributed by atoms with E-state index < -0.39 is 18.0 Å². The van der Waals surface area contributed by atoms with Gasteiger partial charge in [0.25, 0.3) is 5.91 Å². The SMILES string of the molecule is Cc1ccc(C(=O)c2ccccc2C(=O)OC(C)C(N)=O)cc1. The van der Waals surface area contributed by atoms with Gasteiger partial charge in [0.15, 0.2) is 11.9 Å². The fourth-order valence-corrected chi connectivity index (χ4v) is 2.00. The van der Waals surface area contributed by atoms with Crippen LogP contribution in [0.15, 0.2) is 48.5 Å². The Balaban J connectivity index is 2.33. The van der Waals surface area contributed by atoms with Crippen LogP contribution < -0.4 is 5.73 Å². The van der Waals surface area contributed by atoms with E-state index in [2.05, 4.69) is 0 Å². The molecule has 1 amide bonds. The first-order valence-corrected chi connectivity index (χ1v) is 7.11. The summed E-state index contributed by atoms with van der Waals surface area (Å²) in [5, 5.41) is 0. The molecule has 2 aromatic rings. The van der Waals surface area contributed by atoms with Gasteiger partial charge >= 0.3 is 5.97 Å². The van der Waals surface area contributed by atoms with Crippen molar-refractivity contribution in [3.05, 3.63) is 70.8 Å². The van der Waals surface area contributed by atoms with E-state index in [1.54, 1.807) is 30.3 Å². The van der Waals surface area contributed by atoms with Crippen molar-refractivity contribution in [2.45, 2.75) is 20.0 Å². The first-order chi connectivity index (χ1) is 10.9. The summed E-state index contributed by atoms with van der Waals surface area (Å²) in [4.78, 5) is 35.8. The van der Waals surface area contributed by atoms with E-state index in [0.29, 0.717) is 5.56 Å². The Labute approximate surface area is 134 Å². The lowest BCUT2D eigenvalue weighted by atomic mass is 9.98. The van der Waals surface area contributed by atoms with Crippen molar-refractivity contribution < 1.29 is 19.1 Å². The minimum Gasteiger partial charge on any atom is -0.449 e. The summed E-state index contributed by atoms with van der Waals surface area (Å²) < 4.78 is 4.98. The molecule has 5 heteroatoms. The van der Waals surface area contributed by atoms with E-state index in [1.807, 2.05) is 19.1 Å². The minimum absolute atomic E-state index is 0.103. The largest absolute Gasteiger partial charge is 0.449 e. The van der Waals surface area contributed by atoms with Crippen LogP contribution in [0.4, 0.5) is 0 Å². The summed E-state index contributed by atoms with van der Waals surface area (Å²) >= 11 is 0. The van der Waals surface area contributed by atoms with Crippen molar-refractivity contribution in [3.8, 4) is 0 Å². The topological polar surface area (TPSA) is 86.5 Å². The molecule has 2 rings (SSSR count). The zero-order valence-electron chi connectivity index (χ0n) is 12.9. The number of nitrogens with two attached hydrogens (primary N) is 1. The lowest BCUT2D eigenvalue weighted by Crippen LogP contribution is -2.30. The Kier molecular flexibility index (Phi) is 4.91. The lowest BCUT2D eigenvalue weighted by molar-refractivity contribution is -0.125. The predicted molar refractivity (Wildman–Crippen MR) is 85.1 cm³/mol. The molecule has 0 fully saturated rings. The molecule has 0 aromatic heterocycles. The van der Waals surface area contributed by atoms with Gasteiger partial charge in [-0.25, -0.2) is 4.79 Å². The van der Waals surface area contributed by atoms with Crippen LogP contribution in [-0.2, 0) is 9.53 Å². The quantitative estimate of drug-likeness (QED) is 0.678. The average molecular weight is 311 g/mol. The van der Waals surface area contributed by atoms with Gasteiger partial charge in [-0.15, -0.1) is 0 Å². The van der Waals surface area contributed by atoms with Crippen LogP contribution in [0.1, 0.15) is 38.8 Å². The molecular weight excluding hydrogens is 294 g/mol. The summed E-state index contributed by atoms with van der Waals surface area (Å²) in [6.07, 6.45) is -1.06. The Morgan fingerprint density at radius 1 is 0.957 bits per heavy atom. The second-order valence-corrected chi connectivity index (χ2v) is 5.19. The Hall–Kier alpha value is -2.95. The number of ketones is 1. The van der Waals surface area contributed by atoms with Crippen molar-refractivity contribution in [3.63, 3.8) is 0 Å². The molecule has 2 aromatic carbocycles. The van der Waals surface area contributed by atoms with Crippen molar-refractivity contribution >= 4 is 17.7 Å². The fourth-order valence-electron chi connectivity index (χ4n) is 2.00. The summed E-state index contributed by atoms with van der Waals surface area (Å²) in [5.41, 5.74) is 6.91. The van der Waals surface area contributed by atoms with Gasteiger partial charge in [0.2, 0.25) is 0 Å². The number of primary amides is 1. The molecule has 118 valence electrons. The first-order valence-electron chi connectivity index (χ1n) is 7.11. The van der Waals surface area contributed by atoms with Crippen molar-refractivity contribution in [2.24, 2.45) is 5.73 Å². The highest BCUT2D eigenvalue weighted by Gasteiger charge is 2.22. The van der Waals surface area contributed by atoms with Gasteiger partial charge in [0, 0.05) is 11.1 Å². The van der Waals surface area contributed by atoms with Gasteiger partial charge in [0.1, 0.15) is 0 Å². The summed E-state index contributed by atoms with van der Waals surface area (Å²) in [7, 11) is 0. The summed E-state index contributed by atoms with van der Waals surface area (Å²) in [6, 6.07) is 13.4. The lowest BCUT2D eigenvalue weighted by Gasteiger charge is -2.12. The Morgan fingerprint density at radius 3 is 2.09 bits per heavy atom. The normalized spacial score (nSPS) is 11.6. The van der Waals surface area contributed by atoms with Crippen molar-refractivity contribution in [2.75, 3.05) is 0 Å². The standard InChI is InChI=1S/C18H17NO4/c1-11-7-9-13(10-8-11)16(20)14-5-3-4-6-15(14)18(22)23-12(2)17(19)21/h3-10,12H,1-2H3,(H2,19,21). The molecule has 0 heterocycles. The Morgan fingerprint density at radius 2 is 1.52 bits per heavy atom. The van der Waals surface area contributed by atoms with Crippen LogP contribution in [-0.4, -0.2) is 23.8 Å². The molecule has 2 N–H and O–H groups in total. The average Bonchev–Trinajstić information content (AvgIpc) is 2.54. The zero-order chi connectivity index (χ0) is 17.0.